The molecular formula is C17H21NO3. The molecule has 0 atom stereocenters. The fourth-order valence-corrected chi connectivity index (χ4v) is 1.98. The zero-order valence-electron chi connectivity index (χ0n) is 12.5. The smallest absolute Gasteiger partial charge is 0.127 e. The molecule has 0 aliphatic heterocycles. The summed E-state index contributed by atoms with van der Waals surface area (Å²) in [5.41, 5.74) is 1.10. The van der Waals surface area contributed by atoms with Crippen molar-refractivity contribution >= 4 is 0 Å². The van der Waals surface area contributed by atoms with Crippen LogP contribution in [0.2, 0.25) is 0 Å². The molecule has 0 aromatic heterocycles. The van der Waals surface area contributed by atoms with E-state index < -0.39 is 0 Å². The third kappa shape index (κ3) is 4.68. The minimum Gasteiger partial charge on any atom is -0.497 e. The maximum atomic E-state index is 5.62. The van der Waals surface area contributed by atoms with E-state index in [1.54, 1.807) is 14.2 Å². The summed E-state index contributed by atoms with van der Waals surface area (Å²) in [6, 6.07) is 15.6. The van der Waals surface area contributed by atoms with Gasteiger partial charge in [-0.15, -0.1) is 0 Å². The van der Waals surface area contributed by atoms with Crippen molar-refractivity contribution in [2.45, 2.75) is 6.54 Å². The quantitative estimate of drug-likeness (QED) is 0.758. The lowest BCUT2D eigenvalue weighted by Gasteiger charge is -2.11. The van der Waals surface area contributed by atoms with E-state index in [2.05, 4.69) is 5.32 Å². The Morgan fingerprint density at radius 3 is 2.43 bits per heavy atom. The molecule has 0 aliphatic carbocycles. The van der Waals surface area contributed by atoms with Crippen molar-refractivity contribution in [2.24, 2.45) is 0 Å². The van der Waals surface area contributed by atoms with Gasteiger partial charge in [-0.1, -0.05) is 24.3 Å². The van der Waals surface area contributed by atoms with E-state index in [4.69, 9.17) is 14.2 Å². The van der Waals surface area contributed by atoms with E-state index in [0.717, 1.165) is 35.9 Å². The number of hydrogen-bond donors (Lipinski definition) is 1. The highest BCUT2D eigenvalue weighted by Gasteiger charge is 2.04. The largest absolute Gasteiger partial charge is 0.497 e. The van der Waals surface area contributed by atoms with Gasteiger partial charge in [0.25, 0.3) is 0 Å². The van der Waals surface area contributed by atoms with E-state index in [1.807, 2.05) is 48.5 Å². The molecular weight excluding hydrogens is 266 g/mol. The van der Waals surface area contributed by atoms with Gasteiger partial charge in [-0.25, -0.2) is 0 Å². The SMILES string of the molecule is COc1ccc(CNCCOc2ccccc2)c(OC)c1. The summed E-state index contributed by atoms with van der Waals surface area (Å²) in [4.78, 5) is 0. The van der Waals surface area contributed by atoms with Crippen LogP contribution in [0.1, 0.15) is 5.56 Å². The summed E-state index contributed by atoms with van der Waals surface area (Å²) in [5.74, 6) is 2.51. The molecule has 0 fully saturated rings. The summed E-state index contributed by atoms with van der Waals surface area (Å²) < 4.78 is 16.2. The molecule has 2 aromatic carbocycles. The third-order valence-corrected chi connectivity index (χ3v) is 3.10. The van der Waals surface area contributed by atoms with Crippen molar-refractivity contribution in [3.63, 3.8) is 0 Å². The standard InChI is InChI=1S/C17H21NO3/c1-19-16-9-8-14(17(12-16)20-2)13-18-10-11-21-15-6-4-3-5-7-15/h3-9,12,18H,10-11,13H2,1-2H3. The topological polar surface area (TPSA) is 39.7 Å². The van der Waals surface area contributed by atoms with Gasteiger partial charge in [-0.05, 0) is 18.2 Å². The molecule has 2 aromatic rings. The van der Waals surface area contributed by atoms with E-state index in [9.17, 15) is 0 Å². The Hall–Kier alpha value is -2.20. The maximum Gasteiger partial charge on any atom is 0.127 e. The molecule has 4 heteroatoms. The second kappa shape index (κ2) is 8.17. The predicted molar refractivity (Wildman–Crippen MR) is 83.2 cm³/mol. The number of hydrogen-bond acceptors (Lipinski definition) is 4. The number of ether oxygens (including phenoxy) is 3. The van der Waals surface area contributed by atoms with E-state index in [-0.39, 0.29) is 0 Å². The average molecular weight is 287 g/mol. The Balaban J connectivity index is 1.76. The molecule has 21 heavy (non-hydrogen) atoms. The van der Waals surface area contributed by atoms with Crippen molar-refractivity contribution in [1.82, 2.24) is 5.32 Å². The van der Waals surface area contributed by atoms with Crippen molar-refractivity contribution < 1.29 is 14.2 Å². The van der Waals surface area contributed by atoms with Crippen molar-refractivity contribution in [3.05, 3.63) is 54.1 Å². The van der Waals surface area contributed by atoms with E-state index >= 15 is 0 Å². The Kier molecular flexibility index (Phi) is 5.91. The molecule has 1 N–H and O–H groups in total. The van der Waals surface area contributed by atoms with Crippen LogP contribution in [-0.2, 0) is 6.54 Å². The summed E-state index contributed by atoms with van der Waals surface area (Å²) in [5, 5.41) is 3.34. The minimum atomic E-state index is 0.627. The van der Waals surface area contributed by atoms with Crippen LogP contribution in [0.25, 0.3) is 0 Å². The summed E-state index contributed by atoms with van der Waals surface area (Å²) >= 11 is 0. The number of nitrogens with one attached hydrogen (secondary N) is 1. The highest BCUT2D eigenvalue weighted by molar-refractivity contribution is 5.40. The van der Waals surface area contributed by atoms with Crippen LogP contribution in [-0.4, -0.2) is 27.4 Å². The zero-order chi connectivity index (χ0) is 14.9. The van der Waals surface area contributed by atoms with Gasteiger partial charge < -0.3 is 19.5 Å². The molecule has 0 unspecified atom stereocenters. The monoisotopic (exact) mass is 287 g/mol. The fraction of sp³-hybridized carbons (Fsp3) is 0.294. The molecule has 0 radical (unpaired) electrons. The van der Waals surface area contributed by atoms with Crippen molar-refractivity contribution in [1.29, 1.82) is 0 Å². The van der Waals surface area contributed by atoms with E-state index in [1.165, 1.54) is 0 Å². The first-order valence-corrected chi connectivity index (χ1v) is 6.93. The summed E-state index contributed by atoms with van der Waals surface area (Å²) in [6.45, 7) is 2.12. The number of para-hydroxylation sites is 1. The van der Waals surface area contributed by atoms with Crippen molar-refractivity contribution in [2.75, 3.05) is 27.4 Å². The molecule has 4 nitrogen and oxygen atoms in total. The van der Waals surface area contributed by atoms with Crippen LogP contribution in [0.5, 0.6) is 17.2 Å². The predicted octanol–water partition coefficient (Wildman–Crippen LogP) is 2.87. The van der Waals surface area contributed by atoms with Crippen molar-refractivity contribution in [3.8, 4) is 17.2 Å². The van der Waals surface area contributed by atoms with E-state index in [0.29, 0.717) is 6.61 Å². The third-order valence-electron chi connectivity index (χ3n) is 3.10. The molecule has 0 spiro atoms. The summed E-state index contributed by atoms with van der Waals surface area (Å²) in [7, 11) is 3.31. The molecule has 0 aliphatic rings. The normalized spacial score (nSPS) is 10.2. The van der Waals surface area contributed by atoms with Gasteiger partial charge in [0.15, 0.2) is 0 Å². The highest BCUT2D eigenvalue weighted by Crippen LogP contribution is 2.24. The van der Waals surface area contributed by atoms with Crippen LogP contribution in [0.3, 0.4) is 0 Å². The Morgan fingerprint density at radius 2 is 1.71 bits per heavy atom. The maximum absolute atomic E-state index is 5.62. The van der Waals surface area contributed by atoms with Crippen LogP contribution in [0, 0.1) is 0 Å². The first-order valence-electron chi connectivity index (χ1n) is 6.93. The number of rotatable bonds is 8. The summed E-state index contributed by atoms with van der Waals surface area (Å²) in [6.07, 6.45) is 0. The highest BCUT2D eigenvalue weighted by atomic mass is 16.5. The van der Waals surface area contributed by atoms with Gasteiger partial charge in [0, 0.05) is 24.7 Å². The Labute approximate surface area is 125 Å². The lowest BCUT2D eigenvalue weighted by atomic mass is 10.2. The van der Waals surface area contributed by atoms with Gasteiger partial charge in [0.2, 0.25) is 0 Å². The van der Waals surface area contributed by atoms with Gasteiger partial charge in [-0.3, -0.25) is 0 Å². The lowest BCUT2D eigenvalue weighted by Crippen LogP contribution is -2.20. The Morgan fingerprint density at radius 1 is 0.905 bits per heavy atom. The first-order chi connectivity index (χ1) is 10.3. The fourth-order valence-electron chi connectivity index (χ4n) is 1.98. The molecule has 0 saturated heterocycles. The molecule has 0 bridgehead atoms. The van der Waals surface area contributed by atoms with Gasteiger partial charge >= 0.3 is 0 Å². The van der Waals surface area contributed by atoms with Crippen LogP contribution < -0.4 is 19.5 Å². The van der Waals surface area contributed by atoms with Gasteiger partial charge in [0.05, 0.1) is 14.2 Å². The van der Waals surface area contributed by atoms with Crippen LogP contribution >= 0.6 is 0 Å². The Bertz CT molecular complexity index is 543. The minimum absolute atomic E-state index is 0.627. The average Bonchev–Trinajstić information content (AvgIpc) is 2.55. The molecule has 2 rings (SSSR count). The number of methoxy groups -OCH3 is 2. The van der Waals surface area contributed by atoms with Gasteiger partial charge in [0.1, 0.15) is 23.9 Å². The first kappa shape index (κ1) is 15.2. The second-order valence-corrected chi connectivity index (χ2v) is 4.52. The molecule has 0 heterocycles. The molecule has 0 amide bonds. The van der Waals surface area contributed by atoms with Crippen LogP contribution in [0.4, 0.5) is 0 Å². The van der Waals surface area contributed by atoms with Crippen LogP contribution in [0.15, 0.2) is 48.5 Å². The zero-order valence-corrected chi connectivity index (χ0v) is 12.5. The number of benzene rings is 2. The lowest BCUT2D eigenvalue weighted by molar-refractivity contribution is 0.313. The van der Waals surface area contributed by atoms with Gasteiger partial charge in [-0.2, -0.15) is 0 Å². The molecule has 0 saturated carbocycles. The molecule has 112 valence electrons. The second-order valence-electron chi connectivity index (χ2n) is 4.52.